The molecule has 2 aromatic carbocycles. The Balaban J connectivity index is 1.74. The molecule has 4 rings (SSSR count). The molecule has 2 aromatic rings. The number of rotatable bonds is 9. The smallest absolute Gasteiger partial charge is 0.00631 e. The van der Waals surface area contributed by atoms with Gasteiger partial charge >= 0.3 is 0 Å². The minimum absolute atomic E-state index is 0.577. The van der Waals surface area contributed by atoms with Gasteiger partial charge in [0.05, 0.1) is 0 Å². The van der Waals surface area contributed by atoms with Crippen molar-refractivity contribution in [2.24, 2.45) is 11.8 Å². The molecular weight excluding hydrogens is 408 g/mol. The Bertz CT molecular complexity index is 1020. The lowest BCUT2D eigenvalue weighted by atomic mass is 9.77. The van der Waals surface area contributed by atoms with Crippen molar-refractivity contribution in [3.8, 4) is 0 Å². The van der Waals surface area contributed by atoms with Crippen LogP contribution in [0, 0.1) is 11.8 Å². The van der Waals surface area contributed by atoms with E-state index in [1.807, 2.05) is 0 Å². The van der Waals surface area contributed by atoms with Gasteiger partial charge in [0.2, 0.25) is 0 Å². The lowest BCUT2D eigenvalue weighted by Gasteiger charge is -2.27. The minimum atomic E-state index is 0.577. The monoisotopic (exact) mass is 454 g/mol. The van der Waals surface area contributed by atoms with Crippen LogP contribution in [0.25, 0.3) is 12.2 Å². The molecule has 0 amide bonds. The molecule has 0 heteroatoms. The molecule has 2 aliphatic rings. The van der Waals surface area contributed by atoms with E-state index in [9.17, 15) is 0 Å². The SMILES string of the molecule is CCc1ccc(CC)c2c1C=C(C(C)C)C2CCC1C(C(C)C)=Cc2c(CC)ccc(CC)c21. The molecule has 0 saturated heterocycles. The van der Waals surface area contributed by atoms with Gasteiger partial charge in [-0.05, 0) is 94.9 Å². The number of benzene rings is 2. The fourth-order valence-electron chi connectivity index (χ4n) is 6.81. The Morgan fingerprint density at radius 1 is 0.529 bits per heavy atom. The van der Waals surface area contributed by atoms with Gasteiger partial charge < -0.3 is 0 Å². The third-order valence-corrected chi connectivity index (χ3v) is 8.66. The van der Waals surface area contributed by atoms with Crippen LogP contribution in [-0.2, 0) is 25.7 Å². The molecule has 0 nitrogen and oxygen atoms in total. The predicted molar refractivity (Wildman–Crippen MR) is 151 cm³/mol. The molecule has 0 saturated carbocycles. The number of allylic oxidation sites excluding steroid dienone is 2. The normalized spacial score (nSPS) is 19.0. The van der Waals surface area contributed by atoms with Crippen molar-refractivity contribution in [2.45, 2.75) is 106 Å². The molecule has 0 radical (unpaired) electrons. The summed E-state index contributed by atoms with van der Waals surface area (Å²) in [6.07, 6.45) is 12.2. The minimum Gasteiger partial charge on any atom is -0.0613 e. The Kier molecular flexibility index (Phi) is 7.56. The molecule has 182 valence electrons. The van der Waals surface area contributed by atoms with Crippen LogP contribution >= 0.6 is 0 Å². The Morgan fingerprint density at radius 2 is 0.853 bits per heavy atom. The fraction of sp³-hybridized carbons (Fsp3) is 0.529. The van der Waals surface area contributed by atoms with Crippen molar-refractivity contribution < 1.29 is 0 Å². The zero-order chi connectivity index (χ0) is 24.6. The second-order valence-electron chi connectivity index (χ2n) is 11.1. The van der Waals surface area contributed by atoms with Crippen molar-refractivity contribution >= 4 is 12.2 Å². The molecule has 0 spiro atoms. The van der Waals surface area contributed by atoms with Crippen molar-refractivity contribution in [3.05, 3.63) is 79.9 Å². The van der Waals surface area contributed by atoms with E-state index in [0.29, 0.717) is 23.7 Å². The molecule has 34 heavy (non-hydrogen) atoms. The van der Waals surface area contributed by atoms with Gasteiger partial charge in [-0.25, -0.2) is 0 Å². The number of fused-ring (bicyclic) bond motifs is 2. The molecule has 2 unspecified atom stereocenters. The summed E-state index contributed by atoms with van der Waals surface area (Å²) in [6.45, 7) is 18.9. The van der Waals surface area contributed by atoms with E-state index in [2.05, 4.69) is 91.8 Å². The van der Waals surface area contributed by atoms with Crippen molar-refractivity contribution in [2.75, 3.05) is 0 Å². The molecule has 0 heterocycles. The summed E-state index contributed by atoms with van der Waals surface area (Å²) in [5.41, 5.74) is 16.0. The van der Waals surface area contributed by atoms with Crippen molar-refractivity contribution in [1.29, 1.82) is 0 Å². The first-order chi connectivity index (χ1) is 16.4. The van der Waals surface area contributed by atoms with E-state index < -0.39 is 0 Å². The summed E-state index contributed by atoms with van der Waals surface area (Å²) in [7, 11) is 0. The third kappa shape index (κ3) is 4.23. The van der Waals surface area contributed by atoms with Gasteiger partial charge in [-0.2, -0.15) is 0 Å². The van der Waals surface area contributed by atoms with Gasteiger partial charge in [-0.1, -0.05) is 103 Å². The van der Waals surface area contributed by atoms with Gasteiger partial charge in [-0.15, -0.1) is 0 Å². The van der Waals surface area contributed by atoms with Crippen LogP contribution in [0.15, 0.2) is 35.4 Å². The topological polar surface area (TPSA) is 0 Å². The van der Waals surface area contributed by atoms with E-state index >= 15 is 0 Å². The number of hydrogen-bond donors (Lipinski definition) is 0. The molecule has 0 aliphatic heterocycles. The second kappa shape index (κ2) is 10.3. The first kappa shape index (κ1) is 25.0. The van der Waals surface area contributed by atoms with Crippen LogP contribution < -0.4 is 0 Å². The van der Waals surface area contributed by atoms with Crippen LogP contribution in [-0.4, -0.2) is 0 Å². The molecule has 0 bridgehead atoms. The number of aryl methyl sites for hydroxylation is 4. The van der Waals surface area contributed by atoms with Crippen LogP contribution in [0.5, 0.6) is 0 Å². The van der Waals surface area contributed by atoms with E-state index in [1.165, 1.54) is 24.0 Å². The van der Waals surface area contributed by atoms with Crippen LogP contribution in [0.1, 0.15) is 125 Å². The van der Waals surface area contributed by atoms with E-state index in [1.54, 1.807) is 44.5 Å². The Morgan fingerprint density at radius 3 is 1.15 bits per heavy atom. The molecular formula is C34H46. The third-order valence-electron chi connectivity index (χ3n) is 8.66. The first-order valence-electron chi connectivity index (χ1n) is 14.1. The maximum absolute atomic E-state index is 2.58. The summed E-state index contributed by atoms with van der Waals surface area (Å²) in [4.78, 5) is 0. The van der Waals surface area contributed by atoms with Gasteiger partial charge in [0, 0.05) is 11.8 Å². The predicted octanol–water partition coefficient (Wildman–Crippen LogP) is 9.69. The summed E-state index contributed by atoms with van der Waals surface area (Å²) in [6, 6.07) is 9.63. The van der Waals surface area contributed by atoms with Crippen molar-refractivity contribution in [1.82, 2.24) is 0 Å². The lowest BCUT2D eigenvalue weighted by Crippen LogP contribution is -2.12. The van der Waals surface area contributed by atoms with Crippen LogP contribution in [0.3, 0.4) is 0 Å². The maximum Gasteiger partial charge on any atom is 0.00631 e. The second-order valence-corrected chi connectivity index (χ2v) is 11.1. The highest BCUT2D eigenvalue weighted by Gasteiger charge is 2.34. The zero-order valence-electron chi connectivity index (χ0n) is 23.0. The van der Waals surface area contributed by atoms with Gasteiger partial charge in [0.1, 0.15) is 0 Å². The number of hydrogen-bond acceptors (Lipinski definition) is 0. The Labute approximate surface area is 209 Å². The quantitative estimate of drug-likeness (QED) is 0.354. The first-order valence-corrected chi connectivity index (χ1v) is 14.1. The van der Waals surface area contributed by atoms with Gasteiger partial charge in [0.15, 0.2) is 0 Å². The summed E-state index contributed by atoms with van der Waals surface area (Å²) < 4.78 is 0. The Hall–Kier alpha value is -2.08. The maximum atomic E-state index is 2.58. The average molecular weight is 455 g/mol. The summed E-state index contributed by atoms with van der Waals surface area (Å²) >= 11 is 0. The van der Waals surface area contributed by atoms with Crippen molar-refractivity contribution in [3.63, 3.8) is 0 Å². The lowest BCUT2D eigenvalue weighted by molar-refractivity contribution is 0.546. The molecule has 0 N–H and O–H groups in total. The largest absolute Gasteiger partial charge is 0.0613 e. The highest BCUT2D eigenvalue weighted by Crippen LogP contribution is 2.50. The van der Waals surface area contributed by atoms with Gasteiger partial charge in [-0.3, -0.25) is 0 Å². The molecule has 2 aliphatic carbocycles. The van der Waals surface area contributed by atoms with E-state index in [0.717, 1.165) is 25.7 Å². The summed E-state index contributed by atoms with van der Waals surface area (Å²) in [5.74, 6) is 2.35. The average Bonchev–Trinajstić information content (AvgIpc) is 3.41. The fourth-order valence-corrected chi connectivity index (χ4v) is 6.81. The van der Waals surface area contributed by atoms with Gasteiger partial charge in [0.25, 0.3) is 0 Å². The highest BCUT2D eigenvalue weighted by atomic mass is 14.4. The van der Waals surface area contributed by atoms with Crippen LogP contribution in [0.2, 0.25) is 0 Å². The van der Waals surface area contributed by atoms with Crippen LogP contribution in [0.4, 0.5) is 0 Å². The highest BCUT2D eigenvalue weighted by molar-refractivity contribution is 5.73. The zero-order valence-corrected chi connectivity index (χ0v) is 23.0. The molecule has 2 atom stereocenters. The summed E-state index contributed by atoms with van der Waals surface area (Å²) in [5, 5.41) is 0. The molecule has 0 fully saturated rings. The standard InChI is InChI=1S/C34H46/c1-9-23-13-15-25(11-3)33-27(29(21(5)6)19-31(23)33)17-18-28-30(22(7)8)20-32-24(10-2)14-16-26(12-4)34(28)32/h13-16,19-22,27-28H,9-12,17-18H2,1-8H3. The molecule has 0 aromatic heterocycles. The van der Waals surface area contributed by atoms with E-state index in [-0.39, 0.29) is 0 Å². The van der Waals surface area contributed by atoms with E-state index in [4.69, 9.17) is 0 Å².